The molecule has 5 heteroatoms. The van der Waals surface area contributed by atoms with Crippen molar-refractivity contribution in [2.45, 2.75) is 31.2 Å². The Morgan fingerprint density at radius 2 is 1.76 bits per heavy atom. The lowest BCUT2D eigenvalue weighted by Gasteiger charge is -2.11. The van der Waals surface area contributed by atoms with Crippen LogP contribution in [0.5, 0.6) is 0 Å². The second kappa shape index (κ2) is 7.23. The minimum atomic E-state index is -0.228. The lowest BCUT2D eigenvalue weighted by Crippen LogP contribution is -2.14. The summed E-state index contributed by atoms with van der Waals surface area (Å²) in [6.45, 7) is 5.99. The first-order chi connectivity index (χ1) is 12.0. The van der Waals surface area contributed by atoms with Crippen LogP contribution in [0.25, 0.3) is 11.4 Å². The van der Waals surface area contributed by atoms with Crippen molar-refractivity contribution in [2.75, 3.05) is 0 Å². The van der Waals surface area contributed by atoms with Gasteiger partial charge in [-0.25, -0.2) is 0 Å². The number of carbonyl (C=O) groups is 1. The summed E-state index contributed by atoms with van der Waals surface area (Å²) >= 11 is 1.44. The van der Waals surface area contributed by atoms with Crippen LogP contribution in [-0.4, -0.2) is 25.8 Å². The van der Waals surface area contributed by atoms with Gasteiger partial charge in [-0.2, -0.15) is 0 Å². The Balaban J connectivity index is 1.79. The summed E-state index contributed by atoms with van der Waals surface area (Å²) in [5, 5.41) is 9.05. The van der Waals surface area contributed by atoms with E-state index in [1.807, 2.05) is 80.9 Å². The van der Waals surface area contributed by atoms with Crippen LogP contribution in [0.3, 0.4) is 0 Å². The number of Topliss-reactive ketones (excluding diaryl/α,β-unsaturated/α-hetero) is 1. The van der Waals surface area contributed by atoms with Crippen LogP contribution in [0.4, 0.5) is 0 Å². The van der Waals surface area contributed by atoms with E-state index in [9.17, 15) is 4.79 Å². The highest BCUT2D eigenvalue weighted by atomic mass is 32.2. The van der Waals surface area contributed by atoms with Crippen molar-refractivity contribution in [1.82, 2.24) is 14.8 Å². The highest BCUT2D eigenvalue weighted by Crippen LogP contribution is 2.27. The number of hydrogen-bond acceptors (Lipinski definition) is 4. The number of aromatic nitrogens is 3. The number of carbonyl (C=O) groups excluding carboxylic acids is 1. The number of thioether (sulfide) groups is 1. The van der Waals surface area contributed by atoms with E-state index in [0.29, 0.717) is 0 Å². The summed E-state index contributed by atoms with van der Waals surface area (Å²) in [4.78, 5) is 12.7. The maximum absolute atomic E-state index is 12.7. The van der Waals surface area contributed by atoms with E-state index < -0.39 is 0 Å². The molecular formula is C20H21N3OS. The van der Waals surface area contributed by atoms with Gasteiger partial charge in [-0.1, -0.05) is 54.2 Å². The normalized spacial score (nSPS) is 12.2. The zero-order chi connectivity index (χ0) is 18.0. The van der Waals surface area contributed by atoms with Crippen LogP contribution in [0, 0.1) is 13.8 Å². The largest absolute Gasteiger partial charge is 0.305 e. The van der Waals surface area contributed by atoms with Crippen molar-refractivity contribution in [3.8, 4) is 11.4 Å². The number of rotatable bonds is 5. The predicted molar refractivity (Wildman–Crippen MR) is 102 cm³/mol. The summed E-state index contributed by atoms with van der Waals surface area (Å²) in [6, 6.07) is 15.8. The maximum Gasteiger partial charge on any atom is 0.191 e. The molecule has 0 amide bonds. The fraction of sp³-hybridized carbons (Fsp3) is 0.250. The van der Waals surface area contributed by atoms with Crippen molar-refractivity contribution < 1.29 is 4.79 Å². The average Bonchev–Trinajstić information content (AvgIpc) is 2.98. The smallest absolute Gasteiger partial charge is 0.191 e. The lowest BCUT2D eigenvalue weighted by atomic mass is 10.0. The standard InChI is InChI=1S/C20H21N3OS/c1-13-10-11-17(12-14(13)2)18(24)15(3)25-20-22-21-19(23(20)4)16-8-6-5-7-9-16/h5-12,15H,1-4H3. The first-order valence-corrected chi connectivity index (χ1v) is 9.08. The molecule has 0 saturated carbocycles. The number of aryl methyl sites for hydroxylation is 2. The van der Waals surface area contributed by atoms with E-state index in [1.54, 1.807) is 0 Å². The number of nitrogens with zero attached hydrogens (tertiary/aromatic N) is 3. The molecule has 0 aliphatic heterocycles. The summed E-state index contributed by atoms with van der Waals surface area (Å²) in [7, 11) is 1.93. The van der Waals surface area contributed by atoms with Gasteiger partial charge in [0.25, 0.3) is 0 Å². The average molecular weight is 351 g/mol. The van der Waals surface area contributed by atoms with Gasteiger partial charge in [0.05, 0.1) is 5.25 Å². The molecule has 0 fully saturated rings. The molecule has 25 heavy (non-hydrogen) atoms. The molecule has 1 heterocycles. The van der Waals surface area contributed by atoms with Crippen molar-refractivity contribution >= 4 is 17.5 Å². The van der Waals surface area contributed by atoms with Crippen molar-refractivity contribution in [3.05, 3.63) is 65.2 Å². The van der Waals surface area contributed by atoms with Gasteiger partial charge in [-0.3, -0.25) is 4.79 Å². The monoisotopic (exact) mass is 351 g/mol. The van der Waals surface area contributed by atoms with E-state index in [1.165, 1.54) is 17.3 Å². The quantitative estimate of drug-likeness (QED) is 0.503. The third-order valence-corrected chi connectivity index (χ3v) is 5.44. The Bertz CT molecular complexity index is 903. The molecule has 0 aliphatic carbocycles. The molecule has 0 spiro atoms. The van der Waals surface area contributed by atoms with Crippen molar-refractivity contribution in [3.63, 3.8) is 0 Å². The molecule has 3 rings (SSSR count). The van der Waals surface area contributed by atoms with E-state index >= 15 is 0 Å². The Kier molecular flexibility index (Phi) is 5.04. The third-order valence-electron chi connectivity index (χ3n) is 4.31. The Morgan fingerprint density at radius 1 is 1.04 bits per heavy atom. The van der Waals surface area contributed by atoms with Crippen LogP contribution in [0.2, 0.25) is 0 Å². The molecular weight excluding hydrogens is 330 g/mol. The van der Waals surface area contributed by atoms with Crippen LogP contribution in [-0.2, 0) is 7.05 Å². The topological polar surface area (TPSA) is 47.8 Å². The highest BCUT2D eigenvalue weighted by molar-refractivity contribution is 8.00. The minimum Gasteiger partial charge on any atom is -0.305 e. The van der Waals surface area contributed by atoms with E-state index in [4.69, 9.17) is 0 Å². The van der Waals surface area contributed by atoms with Crippen LogP contribution in [0.15, 0.2) is 53.7 Å². The van der Waals surface area contributed by atoms with Gasteiger partial charge in [0.15, 0.2) is 16.8 Å². The van der Waals surface area contributed by atoms with E-state index in [0.717, 1.165) is 27.7 Å². The van der Waals surface area contributed by atoms with Crippen molar-refractivity contribution in [1.29, 1.82) is 0 Å². The fourth-order valence-electron chi connectivity index (χ4n) is 2.60. The summed E-state index contributed by atoms with van der Waals surface area (Å²) in [5.74, 6) is 0.909. The summed E-state index contributed by atoms with van der Waals surface area (Å²) in [5.41, 5.74) is 4.08. The number of hydrogen-bond donors (Lipinski definition) is 0. The van der Waals surface area contributed by atoms with Gasteiger partial charge >= 0.3 is 0 Å². The third kappa shape index (κ3) is 3.66. The first kappa shape index (κ1) is 17.4. The molecule has 128 valence electrons. The Morgan fingerprint density at radius 3 is 2.44 bits per heavy atom. The SMILES string of the molecule is Cc1ccc(C(=O)C(C)Sc2nnc(-c3ccccc3)n2C)cc1C. The Hall–Kier alpha value is -2.40. The molecule has 0 saturated heterocycles. The van der Waals surface area contributed by atoms with E-state index in [2.05, 4.69) is 10.2 Å². The molecule has 3 aromatic rings. The fourth-order valence-corrected chi connectivity index (χ4v) is 3.49. The maximum atomic E-state index is 12.7. The second-order valence-electron chi connectivity index (χ2n) is 6.15. The van der Waals surface area contributed by atoms with Gasteiger partial charge in [-0.15, -0.1) is 10.2 Å². The van der Waals surface area contributed by atoms with Crippen LogP contribution in [0.1, 0.15) is 28.4 Å². The van der Waals surface area contributed by atoms with Gasteiger partial charge < -0.3 is 4.57 Å². The summed E-state index contributed by atoms with van der Waals surface area (Å²) < 4.78 is 1.93. The van der Waals surface area contributed by atoms with Crippen LogP contribution >= 0.6 is 11.8 Å². The molecule has 0 aliphatic rings. The zero-order valence-corrected chi connectivity index (χ0v) is 15.7. The lowest BCUT2D eigenvalue weighted by molar-refractivity contribution is 0.0993. The zero-order valence-electron chi connectivity index (χ0n) is 14.9. The minimum absolute atomic E-state index is 0.109. The first-order valence-electron chi connectivity index (χ1n) is 8.20. The van der Waals surface area contributed by atoms with Crippen molar-refractivity contribution in [2.24, 2.45) is 7.05 Å². The van der Waals surface area contributed by atoms with Gasteiger partial charge in [0.2, 0.25) is 0 Å². The molecule has 1 atom stereocenters. The molecule has 0 N–H and O–H groups in total. The van der Waals surface area contributed by atoms with Gasteiger partial charge in [0, 0.05) is 18.2 Å². The van der Waals surface area contributed by atoms with Gasteiger partial charge in [0.1, 0.15) is 0 Å². The molecule has 2 aromatic carbocycles. The molecule has 1 aromatic heterocycles. The molecule has 1 unspecified atom stereocenters. The number of benzene rings is 2. The summed E-state index contributed by atoms with van der Waals surface area (Å²) in [6.07, 6.45) is 0. The molecule has 0 radical (unpaired) electrons. The molecule has 4 nitrogen and oxygen atoms in total. The highest BCUT2D eigenvalue weighted by Gasteiger charge is 2.20. The Labute approximate surface area is 152 Å². The van der Waals surface area contributed by atoms with Crippen LogP contribution < -0.4 is 0 Å². The van der Waals surface area contributed by atoms with Gasteiger partial charge in [-0.05, 0) is 38.0 Å². The predicted octanol–water partition coefficient (Wildman–Crippen LogP) is 4.46. The van der Waals surface area contributed by atoms with E-state index in [-0.39, 0.29) is 11.0 Å². The molecule has 0 bridgehead atoms. The second-order valence-corrected chi connectivity index (χ2v) is 7.46. The number of ketones is 1.